The smallest absolute Gasteiger partial charge is 0.387 e. The summed E-state index contributed by atoms with van der Waals surface area (Å²) in [4.78, 5) is 23.2. The Hall–Kier alpha value is -1.28. The molecule has 0 fully saturated rings. The molecule has 59 heavy (non-hydrogen) atoms. The summed E-state index contributed by atoms with van der Waals surface area (Å²) >= 11 is 0. The lowest BCUT2D eigenvalue weighted by Crippen LogP contribution is -2.45. The molecule has 0 radical (unpaired) electrons. The minimum Gasteiger partial charge on any atom is -0.387 e. The van der Waals surface area contributed by atoms with Crippen molar-refractivity contribution in [3.05, 3.63) is 36.5 Å². The third-order valence-electron chi connectivity index (χ3n) is 11.1. The molecular formula is C50H98N2O6P+. The number of hydrogen-bond acceptors (Lipinski definition) is 5. The fourth-order valence-electron chi connectivity index (χ4n) is 7.13. The van der Waals surface area contributed by atoms with Gasteiger partial charge in [0.1, 0.15) is 13.2 Å². The molecule has 8 nitrogen and oxygen atoms in total. The first kappa shape index (κ1) is 57.7. The van der Waals surface area contributed by atoms with Crippen molar-refractivity contribution in [1.29, 1.82) is 0 Å². The highest BCUT2D eigenvalue weighted by atomic mass is 31.2. The maximum absolute atomic E-state index is 12.9. The van der Waals surface area contributed by atoms with Crippen molar-refractivity contribution in [3.8, 4) is 0 Å². The summed E-state index contributed by atoms with van der Waals surface area (Å²) in [6.45, 7) is 4.77. The molecule has 1 amide bonds. The second-order valence-electron chi connectivity index (χ2n) is 18.2. The van der Waals surface area contributed by atoms with Crippen molar-refractivity contribution in [2.24, 2.45) is 0 Å². The van der Waals surface area contributed by atoms with E-state index in [9.17, 15) is 19.4 Å². The van der Waals surface area contributed by atoms with Gasteiger partial charge < -0.3 is 19.8 Å². The van der Waals surface area contributed by atoms with Crippen molar-refractivity contribution >= 4 is 13.7 Å². The van der Waals surface area contributed by atoms with Crippen LogP contribution < -0.4 is 5.32 Å². The van der Waals surface area contributed by atoms with E-state index < -0.39 is 20.0 Å². The maximum Gasteiger partial charge on any atom is 0.472 e. The molecule has 0 saturated heterocycles. The number of rotatable bonds is 45. The van der Waals surface area contributed by atoms with Crippen LogP contribution >= 0.6 is 7.82 Å². The van der Waals surface area contributed by atoms with Crippen LogP contribution in [0.3, 0.4) is 0 Å². The largest absolute Gasteiger partial charge is 0.472 e. The molecule has 0 aromatic rings. The molecule has 0 bridgehead atoms. The number of carbonyl (C=O) groups is 1. The van der Waals surface area contributed by atoms with Crippen molar-refractivity contribution in [3.63, 3.8) is 0 Å². The second kappa shape index (κ2) is 42.0. The third kappa shape index (κ3) is 44.6. The predicted octanol–water partition coefficient (Wildman–Crippen LogP) is 14.3. The van der Waals surface area contributed by atoms with E-state index in [-0.39, 0.29) is 19.1 Å². The molecule has 0 aliphatic rings. The number of nitrogens with zero attached hydrogens (tertiary/aromatic N) is 1. The first-order chi connectivity index (χ1) is 28.5. The summed E-state index contributed by atoms with van der Waals surface area (Å²) in [6.07, 6.45) is 52.4. The standard InChI is InChI=1S/C50H97N2O6P/c1-6-8-10-12-14-16-18-20-21-22-23-24-25-26-27-28-29-30-32-34-36-38-40-42-44-50(54)51-48(47-58-59(55,56)57-46-45-52(3,4)5)49(53)43-41-39-37-35-33-31-19-17-15-13-11-9-7-2/h15,17,33,35,41,43,48-49,53H,6-14,16,18-32,34,36-40,42,44-47H2,1-5H3,(H-,51,54,55,56)/p+1/b17-15+,35-33+,43-41+. The van der Waals surface area contributed by atoms with E-state index in [1.807, 2.05) is 27.2 Å². The van der Waals surface area contributed by atoms with Crippen LogP contribution in [0.2, 0.25) is 0 Å². The molecule has 0 spiro atoms. The van der Waals surface area contributed by atoms with Gasteiger partial charge >= 0.3 is 7.82 Å². The Bertz CT molecular complexity index is 1060. The monoisotopic (exact) mass is 854 g/mol. The molecule has 0 aliphatic heterocycles. The van der Waals surface area contributed by atoms with Gasteiger partial charge in [-0.3, -0.25) is 13.8 Å². The van der Waals surface area contributed by atoms with Crippen molar-refractivity contribution < 1.29 is 32.9 Å². The Labute approximate surface area is 366 Å². The summed E-state index contributed by atoms with van der Waals surface area (Å²) < 4.78 is 23.6. The Morgan fingerprint density at radius 1 is 0.559 bits per heavy atom. The van der Waals surface area contributed by atoms with Crippen molar-refractivity contribution in [2.75, 3.05) is 40.9 Å². The molecule has 0 aliphatic carbocycles. The van der Waals surface area contributed by atoms with Crippen LogP contribution in [0, 0.1) is 0 Å². The molecule has 0 aromatic heterocycles. The number of aliphatic hydroxyl groups excluding tert-OH is 1. The van der Waals surface area contributed by atoms with E-state index in [0.717, 1.165) is 51.4 Å². The fraction of sp³-hybridized carbons (Fsp3) is 0.860. The number of phosphoric acid groups is 1. The molecule has 0 heterocycles. The van der Waals surface area contributed by atoms with E-state index in [4.69, 9.17) is 9.05 Å². The lowest BCUT2D eigenvalue weighted by molar-refractivity contribution is -0.870. The Balaban J connectivity index is 4.23. The zero-order chi connectivity index (χ0) is 43.6. The third-order valence-corrected chi connectivity index (χ3v) is 12.1. The number of quaternary nitrogens is 1. The van der Waals surface area contributed by atoms with Crippen molar-refractivity contribution in [1.82, 2.24) is 5.32 Å². The molecule has 3 unspecified atom stereocenters. The average molecular weight is 854 g/mol. The van der Waals surface area contributed by atoms with Gasteiger partial charge in [0, 0.05) is 6.42 Å². The summed E-state index contributed by atoms with van der Waals surface area (Å²) in [5.74, 6) is -0.189. The van der Waals surface area contributed by atoms with Crippen LogP contribution in [-0.2, 0) is 18.4 Å². The van der Waals surface area contributed by atoms with Gasteiger partial charge in [-0.15, -0.1) is 0 Å². The lowest BCUT2D eigenvalue weighted by atomic mass is 10.0. The first-order valence-corrected chi connectivity index (χ1v) is 26.4. The Kier molecular flexibility index (Phi) is 41.1. The van der Waals surface area contributed by atoms with Gasteiger partial charge in [0.25, 0.3) is 0 Å². The molecule has 3 N–H and O–H groups in total. The molecule has 3 atom stereocenters. The van der Waals surface area contributed by atoms with Crippen LogP contribution in [0.5, 0.6) is 0 Å². The topological polar surface area (TPSA) is 105 Å². The summed E-state index contributed by atoms with van der Waals surface area (Å²) in [5, 5.41) is 13.8. The Morgan fingerprint density at radius 3 is 1.36 bits per heavy atom. The molecule has 0 saturated carbocycles. The zero-order valence-electron chi connectivity index (χ0n) is 39.5. The van der Waals surface area contributed by atoms with Crippen LogP contribution in [-0.4, -0.2) is 73.4 Å². The minimum atomic E-state index is -4.35. The number of carbonyl (C=O) groups excluding carboxylic acids is 1. The molecule has 348 valence electrons. The second-order valence-corrected chi connectivity index (χ2v) is 19.6. The quantitative estimate of drug-likeness (QED) is 0.0244. The minimum absolute atomic E-state index is 0.0547. The average Bonchev–Trinajstić information content (AvgIpc) is 3.19. The molecule has 0 rings (SSSR count). The highest BCUT2D eigenvalue weighted by Crippen LogP contribution is 2.43. The number of aliphatic hydroxyl groups is 1. The Morgan fingerprint density at radius 2 is 0.932 bits per heavy atom. The van der Waals surface area contributed by atoms with Gasteiger partial charge in [0.05, 0.1) is 39.9 Å². The highest BCUT2D eigenvalue weighted by molar-refractivity contribution is 7.47. The van der Waals surface area contributed by atoms with E-state index >= 15 is 0 Å². The van der Waals surface area contributed by atoms with Crippen molar-refractivity contribution in [2.45, 2.75) is 238 Å². The van der Waals surface area contributed by atoms with Crippen LogP contribution in [0.4, 0.5) is 0 Å². The van der Waals surface area contributed by atoms with E-state index in [2.05, 4.69) is 43.5 Å². The SMILES string of the molecule is CCCCC/C=C/CC/C=C/CC/C=C/C(O)C(COP(=O)(O)OCC[N+](C)(C)C)NC(=O)CCCCCCCCCCCCCCCCCCCCCCCCCC. The summed E-state index contributed by atoms with van der Waals surface area (Å²) in [5.41, 5.74) is 0. The van der Waals surface area contributed by atoms with Gasteiger partial charge in [-0.1, -0.05) is 211 Å². The van der Waals surface area contributed by atoms with Gasteiger partial charge in [0.2, 0.25) is 5.91 Å². The normalized spacial score (nSPS) is 14.5. The predicted molar refractivity (Wildman–Crippen MR) is 254 cm³/mol. The number of phosphoric ester groups is 1. The van der Waals surface area contributed by atoms with Crippen LogP contribution in [0.15, 0.2) is 36.5 Å². The highest BCUT2D eigenvalue weighted by Gasteiger charge is 2.27. The number of amides is 1. The van der Waals surface area contributed by atoms with Crippen LogP contribution in [0.1, 0.15) is 226 Å². The van der Waals surface area contributed by atoms with E-state index in [0.29, 0.717) is 17.4 Å². The first-order valence-electron chi connectivity index (χ1n) is 24.9. The number of likely N-dealkylation sites (N-methyl/N-ethyl adjacent to an activating group) is 1. The molecule has 9 heteroatoms. The number of nitrogens with one attached hydrogen (secondary N) is 1. The molecular weight excluding hydrogens is 756 g/mol. The number of allylic oxidation sites excluding steroid dienone is 5. The van der Waals surface area contributed by atoms with E-state index in [1.165, 1.54) is 154 Å². The van der Waals surface area contributed by atoms with Gasteiger partial charge in [0.15, 0.2) is 0 Å². The maximum atomic E-state index is 12.9. The lowest BCUT2D eigenvalue weighted by Gasteiger charge is -2.25. The van der Waals surface area contributed by atoms with E-state index in [1.54, 1.807) is 6.08 Å². The molecule has 0 aromatic carbocycles. The number of hydrogen-bond donors (Lipinski definition) is 3. The van der Waals surface area contributed by atoms with Gasteiger partial charge in [-0.25, -0.2) is 4.57 Å². The number of unbranched alkanes of at least 4 members (excludes halogenated alkanes) is 28. The zero-order valence-corrected chi connectivity index (χ0v) is 40.4. The fourth-order valence-corrected chi connectivity index (χ4v) is 7.87. The van der Waals surface area contributed by atoms with Gasteiger partial charge in [-0.05, 0) is 44.9 Å². The summed E-state index contributed by atoms with van der Waals surface area (Å²) in [7, 11) is 1.55. The van der Waals surface area contributed by atoms with Crippen LogP contribution in [0.25, 0.3) is 0 Å². The summed E-state index contributed by atoms with van der Waals surface area (Å²) in [6, 6.07) is -0.866. The van der Waals surface area contributed by atoms with Gasteiger partial charge in [-0.2, -0.15) is 0 Å².